The molecule has 0 fully saturated rings. The zero-order valence-corrected chi connectivity index (χ0v) is 12.8. The summed E-state index contributed by atoms with van der Waals surface area (Å²) in [7, 11) is 0. The summed E-state index contributed by atoms with van der Waals surface area (Å²) >= 11 is 0. The molecule has 3 nitrogen and oxygen atoms in total. The summed E-state index contributed by atoms with van der Waals surface area (Å²) in [4.78, 5) is 12.2. The van der Waals surface area contributed by atoms with Crippen molar-refractivity contribution in [2.45, 2.75) is 58.4 Å². The molecule has 20 heavy (non-hydrogen) atoms. The normalized spacial score (nSPS) is 12.2. The smallest absolute Gasteiger partial charge is 0.251 e. The van der Waals surface area contributed by atoms with E-state index in [4.69, 9.17) is 5.73 Å². The SMILES string of the molecule is CCCCC(CCC)NC(=O)c1ccc(CCN)cc1. The fourth-order valence-electron chi connectivity index (χ4n) is 2.35. The zero-order chi connectivity index (χ0) is 14.8. The van der Waals surface area contributed by atoms with Crippen molar-refractivity contribution in [1.29, 1.82) is 0 Å². The van der Waals surface area contributed by atoms with Crippen molar-refractivity contribution in [2.24, 2.45) is 5.73 Å². The van der Waals surface area contributed by atoms with Gasteiger partial charge in [0.2, 0.25) is 0 Å². The Bertz CT molecular complexity index is 386. The predicted octanol–water partition coefficient (Wildman–Crippen LogP) is 3.28. The average molecular weight is 276 g/mol. The van der Waals surface area contributed by atoms with E-state index >= 15 is 0 Å². The van der Waals surface area contributed by atoms with Gasteiger partial charge < -0.3 is 11.1 Å². The van der Waals surface area contributed by atoms with Crippen molar-refractivity contribution >= 4 is 5.91 Å². The minimum absolute atomic E-state index is 0.0406. The van der Waals surface area contributed by atoms with Crippen LogP contribution in [0.1, 0.15) is 61.9 Å². The molecule has 3 heteroatoms. The molecule has 0 saturated carbocycles. The number of rotatable bonds is 9. The highest BCUT2D eigenvalue weighted by molar-refractivity contribution is 5.94. The number of hydrogen-bond donors (Lipinski definition) is 2. The van der Waals surface area contributed by atoms with E-state index in [2.05, 4.69) is 19.2 Å². The summed E-state index contributed by atoms with van der Waals surface area (Å²) in [6, 6.07) is 8.06. The van der Waals surface area contributed by atoms with Crippen LogP contribution >= 0.6 is 0 Å². The van der Waals surface area contributed by atoms with Crippen LogP contribution in [0.4, 0.5) is 0 Å². The first-order chi connectivity index (χ1) is 9.71. The first kappa shape index (κ1) is 16.7. The zero-order valence-electron chi connectivity index (χ0n) is 12.8. The van der Waals surface area contributed by atoms with Crippen LogP contribution in [0.5, 0.6) is 0 Å². The standard InChI is InChI=1S/C17H28N2O/c1-3-5-7-16(6-4-2)19-17(20)15-10-8-14(9-11-15)12-13-18/h8-11,16H,3-7,12-13,18H2,1-2H3,(H,19,20). The molecule has 0 spiro atoms. The van der Waals surface area contributed by atoms with Crippen molar-refractivity contribution in [2.75, 3.05) is 6.54 Å². The third-order valence-electron chi connectivity index (χ3n) is 3.53. The Morgan fingerprint density at radius 3 is 2.40 bits per heavy atom. The number of carbonyl (C=O) groups excluding carboxylic acids is 1. The van der Waals surface area contributed by atoms with Gasteiger partial charge in [-0.25, -0.2) is 0 Å². The van der Waals surface area contributed by atoms with Gasteiger partial charge in [0.1, 0.15) is 0 Å². The lowest BCUT2D eigenvalue weighted by atomic mass is 10.0. The van der Waals surface area contributed by atoms with Crippen molar-refractivity contribution < 1.29 is 4.79 Å². The van der Waals surface area contributed by atoms with E-state index in [0.717, 1.165) is 31.2 Å². The van der Waals surface area contributed by atoms with E-state index in [1.165, 1.54) is 18.4 Å². The Hall–Kier alpha value is -1.35. The molecule has 0 saturated heterocycles. The fourth-order valence-corrected chi connectivity index (χ4v) is 2.35. The minimum Gasteiger partial charge on any atom is -0.349 e. The number of hydrogen-bond acceptors (Lipinski definition) is 2. The monoisotopic (exact) mass is 276 g/mol. The molecule has 1 unspecified atom stereocenters. The summed E-state index contributed by atoms with van der Waals surface area (Å²) in [5.41, 5.74) is 7.44. The molecule has 0 aliphatic heterocycles. The average Bonchev–Trinajstić information content (AvgIpc) is 2.46. The third kappa shape index (κ3) is 5.74. The molecule has 1 amide bonds. The van der Waals surface area contributed by atoms with E-state index in [1.807, 2.05) is 24.3 Å². The highest BCUT2D eigenvalue weighted by atomic mass is 16.1. The topological polar surface area (TPSA) is 55.1 Å². The number of nitrogens with one attached hydrogen (secondary N) is 1. The predicted molar refractivity (Wildman–Crippen MR) is 84.9 cm³/mol. The van der Waals surface area contributed by atoms with Crippen molar-refractivity contribution in [3.05, 3.63) is 35.4 Å². The largest absolute Gasteiger partial charge is 0.349 e. The van der Waals surface area contributed by atoms with E-state index in [9.17, 15) is 4.79 Å². The van der Waals surface area contributed by atoms with Gasteiger partial charge in [-0.2, -0.15) is 0 Å². The van der Waals surface area contributed by atoms with Crippen molar-refractivity contribution in [3.8, 4) is 0 Å². The quantitative estimate of drug-likeness (QED) is 0.727. The number of unbranched alkanes of at least 4 members (excludes halogenated alkanes) is 1. The molecule has 0 aliphatic carbocycles. The second-order valence-corrected chi connectivity index (χ2v) is 5.34. The fraction of sp³-hybridized carbons (Fsp3) is 0.588. The van der Waals surface area contributed by atoms with Gasteiger partial charge in [0.25, 0.3) is 5.91 Å². The van der Waals surface area contributed by atoms with Crippen LogP contribution in [-0.4, -0.2) is 18.5 Å². The van der Waals surface area contributed by atoms with Gasteiger partial charge in [0.05, 0.1) is 0 Å². The third-order valence-corrected chi connectivity index (χ3v) is 3.53. The number of amides is 1. The van der Waals surface area contributed by atoms with Crippen molar-refractivity contribution in [1.82, 2.24) is 5.32 Å². The Balaban J connectivity index is 2.58. The summed E-state index contributed by atoms with van der Waals surface area (Å²) in [5, 5.41) is 3.16. The van der Waals surface area contributed by atoms with Crippen LogP contribution < -0.4 is 11.1 Å². The molecular formula is C17H28N2O. The number of benzene rings is 1. The van der Waals surface area contributed by atoms with Crippen LogP contribution in [0.2, 0.25) is 0 Å². The van der Waals surface area contributed by atoms with Gasteiger partial charge in [-0.3, -0.25) is 4.79 Å². The van der Waals surface area contributed by atoms with Gasteiger partial charge in [0.15, 0.2) is 0 Å². The highest BCUT2D eigenvalue weighted by Crippen LogP contribution is 2.10. The Morgan fingerprint density at radius 1 is 1.15 bits per heavy atom. The van der Waals surface area contributed by atoms with Crippen LogP contribution in [-0.2, 0) is 6.42 Å². The summed E-state index contributed by atoms with van der Waals surface area (Å²) < 4.78 is 0. The molecule has 1 aromatic rings. The lowest BCUT2D eigenvalue weighted by Gasteiger charge is -2.18. The van der Waals surface area contributed by atoms with E-state index in [0.29, 0.717) is 12.6 Å². The van der Waals surface area contributed by atoms with Gasteiger partial charge in [0, 0.05) is 11.6 Å². The number of carbonyl (C=O) groups is 1. The molecule has 0 aliphatic rings. The Morgan fingerprint density at radius 2 is 1.85 bits per heavy atom. The summed E-state index contributed by atoms with van der Waals surface area (Å²) in [6.07, 6.45) is 6.42. The molecule has 0 radical (unpaired) electrons. The summed E-state index contributed by atoms with van der Waals surface area (Å²) in [6.45, 7) is 4.98. The van der Waals surface area contributed by atoms with Crippen LogP contribution in [0, 0.1) is 0 Å². The van der Waals surface area contributed by atoms with Crippen LogP contribution in [0.25, 0.3) is 0 Å². The lowest BCUT2D eigenvalue weighted by molar-refractivity contribution is 0.0932. The maximum absolute atomic E-state index is 12.2. The second-order valence-electron chi connectivity index (χ2n) is 5.34. The van der Waals surface area contributed by atoms with E-state index in [-0.39, 0.29) is 5.91 Å². The summed E-state index contributed by atoms with van der Waals surface area (Å²) in [5.74, 6) is 0.0406. The first-order valence-electron chi connectivity index (χ1n) is 7.81. The number of nitrogens with two attached hydrogens (primary N) is 1. The maximum Gasteiger partial charge on any atom is 0.251 e. The van der Waals surface area contributed by atoms with Crippen molar-refractivity contribution in [3.63, 3.8) is 0 Å². The Labute approximate surface area is 122 Å². The molecule has 1 aromatic carbocycles. The molecule has 0 bridgehead atoms. The van der Waals surface area contributed by atoms with Crippen LogP contribution in [0.15, 0.2) is 24.3 Å². The molecule has 1 atom stereocenters. The molecular weight excluding hydrogens is 248 g/mol. The molecule has 112 valence electrons. The molecule has 0 heterocycles. The van der Waals surface area contributed by atoms with Gasteiger partial charge >= 0.3 is 0 Å². The minimum atomic E-state index is 0.0406. The van der Waals surface area contributed by atoms with Gasteiger partial charge in [-0.05, 0) is 43.5 Å². The highest BCUT2D eigenvalue weighted by Gasteiger charge is 2.12. The second kappa shape index (κ2) is 9.54. The van der Waals surface area contributed by atoms with E-state index < -0.39 is 0 Å². The van der Waals surface area contributed by atoms with E-state index in [1.54, 1.807) is 0 Å². The van der Waals surface area contributed by atoms with Crippen LogP contribution in [0.3, 0.4) is 0 Å². The lowest BCUT2D eigenvalue weighted by Crippen LogP contribution is -2.34. The molecule has 0 aromatic heterocycles. The van der Waals surface area contributed by atoms with Gasteiger partial charge in [-0.1, -0.05) is 45.2 Å². The first-order valence-corrected chi connectivity index (χ1v) is 7.81. The Kier molecular flexibility index (Phi) is 7.97. The maximum atomic E-state index is 12.2. The van der Waals surface area contributed by atoms with Gasteiger partial charge in [-0.15, -0.1) is 0 Å². The molecule has 3 N–H and O–H groups in total. The molecule has 1 rings (SSSR count).